The summed E-state index contributed by atoms with van der Waals surface area (Å²) in [5, 5.41) is 7.54. The lowest BCUT2D eigenvalue weighted by Gasteiger charge is -2.24. The Kier molecular flexibility index (Phi) is 5.48. The maximum atomic E-state index is 13.4. The summed E-state index contributed by atoms with van der Waals surface area (Å²) in [7, 11) is 0. The molecule has 2 saturated heterocycles. The van der Waals surface area contributed by atoms with Crippen LogP contribution in [0, 0.1) is 6.92 Å². The lowest BCUT2D eigenvalue weighted by atomic mass is 9.88. The van der Waals surface area contributed by atoms with Crippen molar-refractivity contribution in [2.45, 2.75) is 32.2 Å². The van der Waals surface area contributed by atoms with Gasteiger partial charge in [-0.25, -0.2) is 4.79 Å². The second kappa shape index (κ2) is 8.48. The molecule has 0 aliphatic carbocycles. The molecule has 0 radical (unpaired) electrons. The summed E-state index contributed by atoms with van der Waals surface area (Å²) in [4.78, 5) is 42.3. The first-order chi connectivity index (χ1) is 16.4. The normalized spacial score (nSPS) is 20.2. The van der Waals surface area contributed by atoms with Crippen molar-refractivity contribution in [3.05, 3.63) is 71.8 Å². The predicted octanol–water partition coefficient (Wildman–Crippen LogP) is 4.15. The summed E-state index contributed by atoms with van der Waals surface area (Å²) in [6.07, 6.45) is 2.39. The highest BCUT2D eigenvalue weighted by atomic mass is 16.2. The van der Waals surface area contributed by atoms with E-state index in [4.69, 9.17) is 0 Å². The SMILES string of the molecule is Cc1cc(N2CCCC2)ccc1NC(=O)CN1C(=O)NC(C)(c2cccc3ccccc23)C1=O. The van der Waals surface area contributed by atoms with Crippen LogP contribution in [0.3, 0.4) is 0 Å². The molecule has 7 heteroatoms. The van der Waals surface area contributed by atoms with Gasteiger partial charge in [-0.2, -0.15) is 0 Å². The van der Waals surface area contributed by atoms with Gasteiger partial charge in [0.05, 0.1) is 0 Å². The second-order valence-electron chi connectivity index (χ2n) is 9.21. The number of benzene rings is 3. The highest BCUT2D eigenvalue weighted by Crippen LogP contribution is 2.34. The van der Waals surface area contributed by atoms with E-state index in [1.807, 2.05) is 61.5 Å². The number of urea groups is 1. The first kappa shape index (κ1) is 21.9. The highest BCUT2D eigenvalue weighted by molar-refractivity contribution is 6.11. The molecular weight excluding hydrogens is 428 g/mol. The zero-order valence-corrected chi connectivity index (χ0v) is 19.4. The van der Waals surface area contributed by atoms with Gasteiger partial charge >= 0.3 is 6.03 Å². The van der Waals surface area contributed by atoms with Gasteiger partial charge in [0.1, 0.15) is 12.1 Å². The number of aryl methyl sites for hydroxylation is 1. The topological polar surface area (TPSA) is 81.8 Å². The van der Waals surface area contributed by atoms with Gasteiger partial charge in [0.2, 0.25) is 5.91 Å². The maximum absolute atomic E-state index is 13.4. The van der Waals surface area contributed by atoms with Gasteiger partial charge in [0, 0.05) is 24.5 Å². The van der Waals surface area contributed by atoms with E-state index in [1.165, 1.54) is 12.8 Å². The van der Waals surface area contributed by atoms with Crippen LogP contribution >= 0.6 is 0 Å². The van der Waals surface area contributed by atoms with Crippen LogP contribution in [0.25, 0.3) is 10.8 Å². The number of carbonyl (C=O) groups excluding carboxylic acids is 3. The fourth-order valence-corrected chi connectivity index (χ4v) is 4.98. The van der Waals surface area contributed by atoms with Gasteiger partial charge in [-0.15, -0.1) is 0 Å². The second-order valence-corrected chi connectivity index (χ2v) is 9.21. The van der Waals surface area contributed by atoms with Crippen molar-refractivity contribution in [3.8, 4) is 0 Å². The molecule has 0 spiro atoms. The number of imide groups is 1. The van der Waals surface area contributed by atoms with Crippen LogP contribution in [0.5, 0.6) is 0 Å². The van der Waals surface area contributed by atoms with Crippen LogP contribution in [-0.2, 0) is 15.1 Å². The molecule has 5 rings (SSSR count). The number of hydrogen-bond donors (Lipinski definition) is 2. The molecule has 2 aliphatic heterocycles. The molecule has 7 nitrogen and oxygen atoms in total. The number of carbonyl (C=O) groups is 3. The number of rotatable bonds is 5. The maximum Gasteiger partial charge on any atom is 0.325 e. The highest BCUT2D eigenvalue weighted by Gasteiger charge is 2.50. The van der Waals surface area contributed by atoms with Crippen molar-refractivity contribution < 1.29 is 14.4 Å². The third-order valence-electron chi connectivity index (χ3n) is 6.86. The van der Waals surface area contributed by atoms with Crippen LogP contribution in [0.15, 0.2) is 60.7 Å². The van der Waals surface area contributed by atoms with E-state index in [0.29, 0.717) is 11.3 Å². The van der Waals surface area contributed by atoms with Gasteiger partial charge < -0.3 is 15.5 Å². The molecule has 3 aromatic rings. The molecule has 2 fully saturated rings. The molecule has 1 unspecified atom stereocenters. The molecule has 2 aliphatic rings. The van der Waals surface area contributed by atoms with Crippen molar-refractivity contribution in [1.29, 1.82) is 0 Å². The molecule has 1 atom stereocenters. The van der Waals surface area contributed by atoms with E-state index in [2.05, 4.69) is 21.6 Å². The van der Waals surface area contributed by atoms with E-state index < -0.39 is 23.4 Å². The van der Waals surface area contributed by atoms with Crippen LogP contribution in [0.4, 0.5) is 16.2 Å². The molecule has 3 aromatic carbocycles. The van der Waals surface area contributed by atoms with Crippen LogP contribution in [-0.4, -0.2) is 42.4 Å². The number of anilines is 2. The zero-order chi connectivity index (χ0) is 23.9. The first-order valence-corrected chi connectivity index (χ1v) is 11.6. The molecular formula is C27H28N4O3. The minimum Gasteiger partial charge on any atom is -0.372 e. The van der Waals surface area contributed by atoms with E-state index in [9.17, 15) is 14.4 Å². The van der Waals surface area contributed by atoms with Crippen LogP contribution in [0.2, 0.25) is 0 Å². The number of amides is 4. The lowest BCUT2D eigenvalue weighted by Crippen LogP contribution is -2.42. The minimum absolute atomic E-state index is 0.349. The van der Waals surface area contributed by atoms with Gasteiger partial charge in [-0.1, -0.05) is 42.5 Å². The van der Waals surface area contributed by atoms with Crippen molar-refractivity contribution in [2.24, 2.45) is 0 Å². The summed E-state index contributed by atoms with van der Waals surface area (Å²) < 4.78 is 0. The van der Waals surface area contributed by atoms with E-state index >= 15 is 0 Å². The number of fused-ring (bicyclic) bond motifs is 1. The standard InChI is InChI=1S/C27H28N4O3/c1-18-16-20(30-14-5-6-15-30)12-13-23(18)28-24(32)17-31-25(33)27(2,29-26(31)34)22-11-7-9-19-8-3-4-10-21(19)22/h3-4,7-13,16H,5-6,14-15,17H2,1-2H3,(H,28,32)(H,29,34). The molecule has 34 heavy (non-hydrogen) atoms. The Morgan fingerprint density at radius 2 is 1.76 bits per heavy atom. The lowest BCUT2D eigenvalue weighted by molar-refractivity contribution is -0.133. The largest absolute Gasteiger partial charge is 0.372 e. The van der Waals surface area contributed by atoms with E-state index in [-0.39, 0.29) is 6.54 Å². The minimum atomic E-state index is -1.24. The number of hydrogen-bond acceptors (Lipinski definition) is 4. The van der Waals surface area contributed by atoms with Gasteiger partial charge in [-0.3, -0.25) is 14.5 Å². The van der Waals surface area contributed by atoms with E-state index in [0.717, 1.165) is 40.0 Å². The zero-order valence-electron chi connectivity index (χ0n) is 19.4. The third-order valence-corrected chi connectivity index (χ3v) is 6.86. The Morgan fingerprint density at radius 3 is 2.53 bits per heavy atom. The smallest absolute Gasteiger partial charge is 0.325 e. The molecule has 0 aromatic heterocycles. The summed E-state index contributed by atoms with van der Waals surface area (Å²) in [5.74, 6) is -0.854. The van der Waals surface area contributed by atoms with Crippen LogP contribution in [0.1, 0.15) is 30.9 Å². The van der Waals surface area contributed by atoms with Gasteiger partial charge in [0.15, 0.2) is 0 Å². The van der Waals surface area contributed by atoms with Gasteiger partial charge in [0.25, 0.3) is 5.91 Å². The van der Waals surface area contributed by atoms with Crippen molar-refractivity contribution in [2.75, 3.05) is 29.9 Å². The Morgan fingerprint density at radius 1 is 1.03 bits per heavy atom. The Labute approximate surface area is 198 Å². The number of nitrogens with zero attached hydrogens (tertiary/aromatic N) is 2. The molecule has 0 saturated carbocycles. The summed E-state index contributed by atoms with van der Waals surface area (Å²) in [6.45, 7) is 5.38. The third kappa shape index (κ3) is 3.77. The Hall–Kier alpha value is -3.87. The fourth-order valence-electron chi connectivity index (χ4n) is 4.98. The predicted molar refractivity (Wildman–Crippen MR) is 133 cm³/mol. The average Bonchev–Trinajstić information content (AvgIpc) is 3.44. The van der Waals surface area contributed by atoms with Crippen molar-refractivity contribution in [1.82, 2.24) is 10.2 Å². The fraction of sp³-hybridized carbons (Fsp3) is 0.296. The molecule has 174 valence electrons. The summed E-state index contributed by atoms with van der Waals surface area (Å²) >= 11 is 0. The Bertz CT molecular complexity index is 1290. The van der Waals surface area contributed by atoms with Crippen molar-refractivity contribution in [3.63, 3.8) is 0 Å². The molecule has 2 heterocycles. The monoisotopic (exact) mass is 456 g/mol. The first-order valence-electron chi connectivity index (χ1n) is 11.6. The summed E-state index contributed by atoms with van der Waals surface area (Å²) in [5.41, 5.74) is 2.23. The number of nitrogens with one attached hydrogen (secondary N) is 2. The average molecular weight is 457 g/mol. The molecule has 4 amide bonds. The van der Waals surface area contributed by atoms with Gasteiger partial charge in [-0.05, 0) is 66.8 Å². The summed E-state index contributed by atoms with van der Waals surface area (Å²) in [6, 6.07) is 18.8. The van der Waals surface area contributed by atoms with E-state index in [1.54, 1.807) is 6.92 Å². The molecule has 2 N–H and O–H groups in total. The quantitative estimate of drug-likeness (QED) is 0.565. The molecule has 0 bridgehead atoms. The van der Waals surface area contributed by atoms with Crippen molar-refractivity contribution >= 4 is 40.0 Å². The Balaban J connectivity index is 1.32. The van der Waals surface area contributed by atoms with Crippen LogP contribution < -0.4 is 15.5 Å².